The quantitative estimate of drug-likeness (QED) is 0.658. The van der Waals surface area contributed by atoms with Crippen LogP contribution < -0.4 is 5.32 Å². The van der Waals surface area contributed by atoms with Crippen molar-refractivity contribution in [3.63, 3.8) is 0 Å². The van der Waals surface area contributed by atoms with E-state index in [1.165, 1.54) is 16.4 Å². The SMILES string of the molecule is CCN(CC)S(=O)(=O)c1cccc(C(=O)N[C@H](C(=O)N2CC(C)CC(C)C2)C(C)C)c1. The second kappa shape index (κ2) is 10.6. The van der Waals surface area contributed by atoms with Crippen molar-refractivity contribution in [2.45, 2.75) is 58.9 Å². The third kappa shape index (κ3) is 6.07. The van der Waals surface area contributed by atoms with Crippen molar-refractivity contribution in [1.82, 2.24) is 14.5 Å². The molecule has 7 nitrogen and oxygen atoms in total. The summed E-state index contributed by atoms with van der Waals surface area (Å²) in [7, 11) is -3.67. The minimum absolute atomic E-state index is 0.0753. The molecular formula is C23H37N3O4S. The van der Waals surface area contributed by atoms with Gasteiger partial charge < -0.3 is 10.2 Å². The Morgan fingerprint density at radius 1 is 1.13 bits per heavy atom. The van der Waals surface area contributed by atoms with Gasteiger partial charge in [0.2, 0.25) is 15.9 Å². The molecule has 8 heteroatoms. The summed E-state index contributed by atoms with van der Waals surface area (Å²) in [6.45, 7) is 13.7. The minimum atomic E-state index is -3.67. The molecule has 3 atom stereocenters. The van der Waals surface area contributed by atoms with E-state index in [1.54, 1.807) is 26.0 Å². The number of rotatable bonds is 8. The summed E-state index contributed by atoms with van der Waals surface area (Å²) in [5.74, 6) is 0.248. The number of nitrogens with zero attached hydrogens (tertiary/aromatic N) is 2. The number of hydrogen-bond acceptors (Lipinski definition) is 4. The van der Waals surface area contributed by atoms with Crippen LogP contribution in [0.2, 0.25) is 0 Å². The van der Waals surface area contributed by atoms with E-state index in [0.717, 1.165) is 6.42 Å². The van der Waals surface area contributed by atoms with E-state index < -0.39 is 22.0 Å². The van der Waals surface area contributed by atoms with Gasteiger partial charge in [-0.15, -0.1) is 0 Å². The van der Waals surface area contributed by atoms with Gasteiger partial charge in [0.05, 0.1) is 4.90 Å². The van der Waals surface area contributed by atoms with Gasteiger partial charge in [0.25, 0.3) is 5.91 Å². The zero-order valence-electron chi connectivity index (χ0n) is 19.6. The Kier molecular flexibility index (Phi) is 8.65. The van der Waals surface area contributed by atoms with Crippen molar-refractivity contribution in [3.8, 4) is 0 Å². The van der Waals surface area contributed by atoms with Gasteiger partial charge in [0, 0.05) is 31.7 Å². The fraction of sp³-hybridized carbons (Fsp3) is 0.652. The molecule has 2 rings (SSSR count). The smallest absolute Gasteiger partial charge is 0.251 e. The normalized spacial score (nSPS) is 20.7. The fourth-order valence-corrected chi connectivity index (χ4v) is 5.79. The fourth-order valence-electron chi connectivity index (χ4n) is 4.29. The highest BCUT2D eigenvalue weighted by atomic mass is 32.2. The molecule has 1 aliphatic heterocycles. The van der Waals surface area contributed by atoms with Gasteiger partial charge in [-0.2, -0.15) is 4.31 Å². The van der Waals surface area contributed by atoms with Crippen LogP contribution in [-0.2, 0) is 14.8 Å². The lowest BCUT2D eigenvalue weighted by molar-refractivity contribution is -0.137. The van der Waals surface area contributed by atoms with E-state index in [2.05, 4.69) is 19.2 Å². The maximum Gasteiger partial charge on any atom is 0.251 e. The van der Waals surface area contributed by atoms with Gasteiger partial charge in [0.1, 0.15) is 6.04 Å². The molecule has 0 radical (unpaired) electrons. The second-order valence-corrected chi connectivity index (χ2v) is 10.9. The third-order valence-electron chi connectivity index (χ3n) is 5.84. The molecule has 1 aliphatic rings. The number of carbonyl (C=O) groups excluding carboxylic acids is 2. The topological polar surface area (TPSA) is 86.8 Å². The van der Waals surface area contributed by atoms with Crippen LogP contribution in [0.5, 0.6) is 0 Å². The van der Waals surface area contributed by atoms with E-state index in [-0.39, 0.29) is 22.3 Å². The van der Waals surface area contributed by atoms with Crippen LogP contribution in [0.3, 0.4) is 0 Å². The Labute approximate surface area is 187 Å². The molecule has 1 N–H and O–H groups in total. The van der Waals surface area contributed by atoms with Crippen LogP contribution in [0, 0.1) is 17.8 Å². The summed E-state index contributed by atoms with van der Waals surface area (Å²) in [5.41, 5.74) is 0.229. The van der Waals surface area contributed by atoms with E-state index in [4.69, 9.17) is 0 Å². The summed E-state index contributed by atoms with van der Waals surface area (Å²) in [4.78, 5) is 28.1. The van der Waals surface area contributed by atoms with E-state index in [1.807, 2.05) is 18.7 Å². The van der Waals surface area contributed by atoms with Crippen molar-refractivity contribution in [3.05, 3.63) is 29.8 Å². The number of hydrogen-bond donors (Lipinski definition) is 1. The molecule has 31 heavy (non-hydrogen) atoms. The molecule has 0 aliphatic carbocycles. The zero-order valence-corrected chi connectivity index (χ0v) is 20.4. The van der Waals surface area contributed by atoms with Gasteiger partial charge in [-0.3, -0.25) is 9.59 Å². The first-order valence-corrected chi connectivity index (χ1v) is 12.6. The van der Waals surface area contributed by atoms with E-state index in [0.29, 0.717) is 38.0 Å². The first-order chi connectivity index (χ1) is 14.5. The Hall–Kier alpha value is -1.93. The number of sulfonamides is 1. The number of likely N-dealkylation sites (tertiary alicyclic amines) is 1. The third-order valence-corrected chi connectivity index (χ3v) is 7.89. The largest absolute Gasteiger partial charge is 0.340 e. The van der Waals surface area contributed by atoms with Gasteiger partial charge >= 0.3 is 0 Å². The van der Waals surface area contributed by atoms with Crippen molar-refractivity contribution in [1.29, 1.82) is 0 Å². The van der Waals surface area contributed by atoms with E-state index >= 15 is 0 Å². The van der Waals surface area contributed by atoms with Crippen LogP contribution in [0.4, 0.5) is 0 Å². The van der Waals surface area contributed by atoms with Crippen LogP contribution in [0.25, 0.3) is 0 Å². The number of amides is 2. The van der Waals surface area contributed by atoms with Gasteiger partial charge in [-0.25, -0.2) is 8.42 Å². The minimum Gasteiger partial charge on any atom is -0.340 e. The maximum absolute atomic E-state index is 13.2. The number of carbonyl (C=O) groups is 2. The molecule has 1 heterocycles. The van der Waals surface area contributed by atoms with Crippen LogP contribution in [-0.4, -0.2) is 61.7 Å². The molecule has 1 fully saturated rings. The Balaban J connectivity index is 2.23. The number of nitrogens with one attached hydrogen (secondary N) is 1. The Morgan fingerprint density at radius 3 is 2.23 bits per heavy atom. The summed E-state index contributed by atoms with van der Waals surface area (Å²) < 4.78 is 27.0. The van der Waals surface area contributed by atoms with E-state index in [9.17, 15) is 18.0 Å². The highest BCUT2D eigenvalue weighted by Crippen LogP contribution is 2.23. The highest BCUT2D eigenvalue weighted by molar-refractivity contribution is 7.89. The average Bonchev–Trinajstić information content (AvgIpc) is 2.71. The van der Waals surface area contributed by atoms with Crippen molar-refractivity contribution in [2.24, 2.45) is 17.8 Å². The Bertz CT molecular complexity index is 871. The summed E-state index contributed by atoms with van der Waals surface area (Å²) in [6.07, 6.45) is 1.09. The van der Waals surface area contributed by atoms with Crippen molar-refractivity contribution in [2.75, 3.05) is 26.2 Å². The molecule has 2 amide bonds. The number of benzene rings is 1. The standard InChI is InChI=1S/C23H37N3O4S/c1-7-26(8-2)31(29,30)20-11-9-10-19(13-20)22(27)24-21(16(3)4)23(28)25-14-17(5)12-18(6)15-25/h9-11,13,16-18,21H,7-8,12,14-15H2,1-6H3,(H,24,27)/t17?,18?,21-/m0/s1. The molecule has 2 unspecified atom stereocenters. The molecule has 0 spiro atoms. The van der Waals surface area contributed by atoms with Gasteiger partial charge in [0.15, 0.2) is 0 Å². The van der Waals surface area contributed by atoms with Gasteiger partial charge in [-0.05, 0) is 42.4 Å². The second-order valence-electron chi connectivity index (χ2n) is 9.00. The first-order valence-electron chi connectivity index (χ1n) is 11.2. The maximum atomic E-state index is 13.2. The molecular weight excluding hydrogens is 414 g/mol. The molecule has 0 saturated carbocycles. The molecule has 1 aromatic carbocycles. The van der Waals surface area contributed by atoms with Crippen molar-refractivity contribution < 1.29 is 18.0 Å². The monoisotopic (exact) mass is 451 g/mol. The zero-order chi connectivity index (χ0) is 23.3. The molecule has 1 saturated heterocycles. The molecule has 1 aromatic rings. The van der Waals surface area contributed by atoms with Crippen molar-refractivity contribution >= 4 is 21.8 Å². The van der Waals surface area contributed by atoms with Gasteiger partial charge in [-0.1, -0.05) is 47.6 Å². The first kappa shape index (κ1) is 25.3. The lowest BCUT2D eigenvalue weighted by Gasteiger charge is -2.37. The van der Waals surface area contributed by atoms with Crippen LogP contribution in [0.15, 0.2) is 29.2 Å². The summed E-state index contributed by atoms with van der Waals surface area (Å²) in [5, 5.41) is 2.86. The van der Waals surface area contributed by atoms with Crippen LogP contribution in [0.1, 0.15) is 58.3 Å². The molecule has 0 bridgehead atoms. The van der Waals surface area contributed by atoms with Crippen LogP contribution >= 0.6 is 0 Å². The lowest BCUT2D eigenvalue weighted by atomic mass is 9.90. The highest BCUT2D eigenvalue weighted by Gasteiger charge is 2.33. The molecule has 0 aromatic heterocycles. The number of piperidine rings is 1. The average molecular weight is 452 g/mol. The summed E-state index contributed by atoms with van der Waals surface area (Å²) >= 11 is 0. The predicted molar refractivity (Wildman–Crippen MR) is 122 cm³/mol. The predicted octanol–water partition coefficient (Wildman–Crippen LogP) is 2.98. The Morgan fingerprint density at radius 2 is 1.71 bits per heavy atom. The summed E-state index contributed by atoms with van der Waals surface area (Å²) in [6, 6.07) is 5.35. The molecule has 174 valence electrons. The lowest BCUT2D eigenvalue weighted by Crippen LogP contribution is -2.54.